The molecule has 1 aliphatic heterocycles. The van der Waals surface area contributed by atoms with Crippen molar-refractivity contribution < 1.29 is 13.2 Å². The van der Waals surface area contributed by atoms with Crippen molar-refractivity contribution in [3.05, 3.63) is 94.3 Å². The molecule has 29 heavy (non-hydrogen) atoms. The summed E-state index contributed by atoms with van der Waals surface area (Å²) in [5.74, 6) is 0. The molecular weight excluding hydrogens is 373 g/mol. The lowest BCUT2D eigenvalue weighted by molar-refractivity contribution is -0.137. The van der Waals surface area contributed by atoms with Crippen LogP contribution in [0.1, 0.15) is 46.0 Å². The van der Waals surface area contributed by atoms with Crippen molar-refractivity contribution in [2.45, 2.75) is 45.6 Å². The van der Waals surface area contributed by atoms with E-state index in [1.54, 1.807) is 12.1 Å². The number of hydrogen-bond donors (Lipinski definition) is 0. The zero-order valence-corrected chi connectivity index (χ0v) is 16.7. The maximum atomic E-state index is 13.0. The summed E-state index contributed by atoms with van der Waals surface area (Å²) >= 11 is 0. The van der Waals surface area contributed by atoms with Crippen LogP contribution in [-0.4, -0.2) is 16.0 Å². The lowest BCUT2D eigenvalue weighted by Crippen LogP contribution is -2.29. The smallest absolute Gasteiger partial charge is 0.350 e. The number of nitrogens with zero attached hydrogens (tertiary/aromatic N) is 2. The minimum atomic E-state index is -4.32. The molecule has 5 heteroatoms. The molecule has 1 aliphatic rings. The summed E-state index contributed by atoms with van der Waals surface area (Å²) in [7, 11) is 0. The number of aryl methyl sites for hydroxylation is 3. The topological polar surface area (TPSA) is 8.17 Å². The van der Waals surface area contributed by atoms with Gasteiger partial charge in [-0.3, -0.25) is 4.90 Å². The van der Waals surface area contributed by atoms with Gasteiger partial charge in [-0.1, -0.05) is 35.9 Å². The molecule has 0 spiro atoms. The van der Waals surface area contributed by atoms with Gasteiger partial charge < -0.3 is 4.57 Å². The Hall–Kier alpha value is -2.53. The van der Waals surface area contributed by atoms with Crippen LogP contribution in [0, 0.1) is 13.8 Å². The molecule has 0 radical (unpaired) electrons. The van der Waals surface area contributed by atoms with Gasteiger partial charge >= 0.3 is 6.18 Å². The Labute approximate surface area is 169 Å². The normalized spacial score (nSPS) is 17.8. The molecule has 0 saturated heterocycles. The third kappa shape index (κ3) is 4.10. The van der Waals surface area contributed by atoms with Crippen LogP contribution in [0.5, 0.6) is 0 Å². The van der Waals surface area contributed by atoms with Crippen molar-refractivity contribution in [2.24, 2.45) is 0 Å². The van der Waals surface area contributed by atoms with Crippen LogP contribution in [-0.2, 0) is 19.3 Å². The van der Waals surface area contributed by atoms with Crippen LogP contribution in [0.25, 0.3) is 0 Å². The quantitative estimate of drug-likeness (QED) is 0.516. The third-order valence-corrected chi connectivity index (χ3v) is 5.78. The maximum Gasteiger partial charge on any atom is 0.416 e. The van der Waals surface area contributed by atoms with Gasteiger partial charge in [0.1, 0.15) is 0 Å². The molecule has 0 bridgehead atoms. The Balaban J connectivity index is 1.73. The highest BCUT2D eigenvalue weighted by molar-refractivity contribution is 5.35. The molecule has 4 rings (SSSR count). The first-order chi connectivity index (χ1) is 13.8. The van der Waals surface area contributed by atoms with Gasteiger partial charge in [0, 0.05) is 31.5 Å². The fraction of sp³-hybridized carbons (Fsp3) is 0.333. The Morgan fingerprint density at radius 2 is 1.72 bits per heavy atom. The number of alkyl halides is 3. The van der Waals surface area contributed by atoms with E-state index in [1.165, 1.54) is 28.8 Å². The van der Waals surface area contributed by atoms with Crippen LogP contribution < -0.4 is 0 Å². The first-order valence-corrected chi connectivity index (χ1v) is 9.95. The summed E-state index contributed by atoms with van der Waals surface area (Å²) in [4.78, 5) is 2.39. The van der Waals surface area contributed by atoms with Crippen LogP contribution in [0.2, 0.25) is 0 Å². The van der Waals surface area contributed by atoms with Crippen LogP contribution in [0.15, 0.2) is 60.8 Å². The minimum Gasteiger partial charge on any atom is -0.350 e. The number of fused-ring (bicyclic) bond motifs is 1. The van der Waals surface area contributed by atoms with Crippen LogP contribution in [0.3, 0.4) is 0 Å². The predicted octanol–water partition coefficient (Wildman–Crippen LogP) is 6.12. The highest BCUT2D eigenvalue weighted by Gasteiger charge is 2.32. The lowest BCUT2D eigenvalue weighted by Gasteiger charge is -2.31. The monoisotopic (exact) mass is 398 g/mol. The average molecular weight is 398 g/mol. The molecule has 0 saturated carbocycles. The van der Waals surface area contributed by atoms with Gasteiger partial charge in [0.05, 0.1) is 11.6 Å². The lowest BCUT2D eigenvalue weighted by atomic mass is 9.98. The summed E-state index contributed by atoms with van der Waals surface area (Å²) in [6.07, 6.45) is -1.25. The van der Waals surface area contributed by atoms with Gasteiger partial charge in [-0.2, -0.15) is 13.2 Å². The molecule has 1 atom stereocenters. The van der Waals surface area contributed by atoms with Crippen molar-refractivity contribution >= 4 is 0 Å². The fourth-order valence-corrected chi connectivity index (χ4v) is 4.29. The summed E-state index contributed by atoms with van der Waals surface area (Å²) < 4.78 is 41.4. The molecule has 1 unspecified atom stereocenters. The number of aromatic nitrogens is 1. The molecule has 1 aromatic heterocycles. The molecule has 0 amide bonds. The standard InChI is InChI=1S/C24H25F3N2/c1-17-6-7-20(18(2)15-17)16-29-14-4-13-28-12-3-5-22(28)23(29)19-8-10-21(11-9-19)24(25,26)27/h3,5-12,15,23H,4,13-14,16H2,1-2H3. The van der Waals surface area contributed by atoms with Gasteiger partial charge in [-0.05, 0) is 61.2 Å². The fourth-order valence-electron chi connectivity index (χ4n) is 4.29. The molecule has 152 valence electrons. The van der Waals surface area contributed by atoms with Crippen molar-refractivity contribution in [2.75, 3.05) is 6.54 Å². The molecule has 0 N–H and O–H groups in total. The summed E-state index contributed by atoms with van der Waals surface area (Å²) in [5.41, 5.74) is 5.15. The second-order valence-corrected chi connectivity index (χ2v) is 7.90. The average Bonchev–Trinajstić information content (AvgIpc) is 3.05. The number of hydrogen-bond acceptors (Lipinski definition) is 1. The zero-order chi connectivity index (χ0) is 20.6. The Bertz CT molecular complexity index is 986. The van der Waals surface area contributed by atoms with E-state index in [0.29, 0.717) is 0 Å². The molecule has 2 aromatic carbocycles. The van der Waals surface area contributed by atoms with E-state index in [1.807, 2.05) is 6.07 Å². The summed E-state index contributed by atoms with van der Waals surface area (Å²) in [6.45, 7) is 6.78. The minimum absolute atomic E-state index is 0.0736. The highest BCUT2D eigenvalue weighted by Crippen LogP contribution is 2.35. The maximum absolute atomic E-state index is 13.0. The first kappa shape index (κ1) is 19.8. The van der Waals surface area contributed by atoms with Crippen molar-refractivity contribution in [3.63, 3.8) is 0 Å². The van der Waals surface area contributed by atoms with Gasteiger partial charge in [0.25, 0.3) is 0 Å². The van der Waals surface area contributed by atoms with Crippen molar-refractivity contribution in [1.29, 1.82) is 0 Å². The van der Waals surface area contributed by atoms with Crippen molar-refractivity contribution in [3.8, 4) is 0 Å². The molecule has 2 heterocycles. The van der Waals surface area contributed by atoms with Crippen LogP contribution in [0.4, 0.5) is 13.2 Å². The largest absolute Gasteiger partial charge is 0.416 e. The Morgan fingerprint density at radius 3 is 2.41 bits per heavy atom. The van der Waals surface area contributed by atoms with E-state index in [-0.39, 0.29) is 6.04 Å². The number of halogens is 3. The summed E-state index contributed by atoms with van der Waals surface area (Å²) in [5, 5.41) is 0. The number of benzene rings is 2. The molecule has 3 aromatic rings. The van der Waals surface area contributed by atoms with Crippen molar-refractivity contribution in [1.82, 2.24) is 9.47 Å². The van der Waals surface area contributed by atoms with Gasteiger partial charge in [-0.25, -0.2) is 0 Å². The first-order valence-electron chi connectivity index (χ1n) is 9.95. The van der Waals surface area contributed by atoms with E-state index in [2.05, 4.69) is 53.8 Å². The predicted molar refractivity (Wildman–Crippen MR) is 109 cm³/mol. The van der Waals surface area contributed by atoms with Gasteiger partial charge in [0.2, 0.25) is 0 Å². The Morgan fingerprint density at radius 1 is 0.966 bits per heavy atom. The Kier molecular flexibility index (Phi) is 5.26. The second-order valence-electron chi connectivity index (χ2n) is 7.90. The highest BCUT2D eigenvalue weighted by atomic mass is 19.4. The third-order valence-electron chi connectivity index (χ3n) is 5.78. The number of rotatable bonds is 3. The van der Waals surface area contributed by atoms with Gasteiger partial charge in [0.15, 0.2) is 0 Å². The SMILES string of the molecule is Cc1ccc(CN2CCCn3cccc3C2c2ccc(C(F)(F)F)cc2)c(C)c1. The van der Waals surface area contributed by atoms with E-state index in [4.69, 9.17) is 0 Å². The van der Waals surface area contributed by atoms with Crippen LogP contribution >= 0.6 is 0 Å². The molecule has 0 aliphatic carbocycles. The van der Waals surface area contributed by atoms with E-state index < -0.39 is 11.7 Å². The molecule has 0 fully saturated rings. The van der Waals surface area contributed by atoms with E-state index in [0.717, 1.165) is 37.3 Å². The zero-order valence-electron chi connectivity index (χ0n) is 16.7. The molecule has 2 nitrogen and oxygen atoms in total. The van der Waals surface area contributed by atoms with E-state index >= 15 is 0 Å². The molecular formula is C24H25F3N2. The van der Waals surface area contributed by atoms with Gasteiger partial charge in [-0.15, -0.1) is 0 Å². The van der Waals surface area contributed by atoms with E-state index in [9.17, 15) is 13.2 Å². The summed E-state index contributed by atoms with van der Waals surface area (Å²) in [6, 6.07) is 16.2. The second kappa shape index (κ2) is 7.71.